The largest absolute Gasteiger partial charge is 0.398 e. The number of carbonyl (C=O) groups excluding carboxylic acids is 2. The number of anilines is 1. The summed E-state index contributed by atoms with van der Waals surface area (Å²) < 4.78 is 0.985. The Hall–Kier alpha value is -2.38. The number of hydrogen-bond acceptors (Lipinski definition) is 5. The number of benzene rings is 1. The average Bonchev–Trinajstić information content (AvgIpc) is 2.54. The second-order valence-corrected chi connectivity index (χ2v) is 6.25. The van der Waals surface area contributed by atoms with Crippen molar-refractivity contribution < 1.29 is 9.59 Å². The molecule has 2 amide bonds. The Morgan fingerprint density at radius 3 is 2.46 bits per heavy atom. The molecule has 1 aromatic heterocycles. The first-order chi connectivity index (χ1) is 12.0. The molecule has 1 fully saturated rings. The molecule has 1 aliphatic heterocycles. The maximum absolute atomic E-state index is 13.1. The van der Waals surface area contributed by atoms with Crippen LogP contribution >= 0.6 is 0 Å². The van der Waals surface area contributed by atoms with Gasteiger partial charge in [-0.1, -0.05) is 17.0 Å². The minimum absolute atomic E-state index is 0.0342. The van der Waals surface area contributed by atoms with E-state index in [1.807, 2.05) is 5.32 Å². The molecule has 10 radical (unpaired) electrons. The Balaban J connectivity index is 2.36. The van der Waals surface area contributed by atoms with E-state index in [9.17, 15) is 14.4 Å². The van der Waals surface area contributed by atoms with Gasteiger partial charge >= 0.3 is 0 Å². The zero-order chi connectivity index (χ0) is 19.5. The number of nitrogens with one attached hydrogen (secondary N) is 1. The van der Waals surface area contributed by atoms with Gasteiger partial charge in [-0.05, 0) is 18.0 Å². The number of imide groups is 1. The van der Waals surface area contributed by atoms with E-state index in [1.54, 1.807) is 0 Å². The summed E-state index contributed by atoms with van der Waals surface area (Å²) in [6, 6.07) is 0.00490. The van der Waals surface area contributed by atoms with Crippen molar-refractivity contribution >= 4 is 78.6 Å². The Kier molecular flexibility index (Phi) is 4.12. The molecule has 2 unspecified atom stereocenters. The molecule has 1 saturated heterocycles. The second kappa shape index (κ2) is 5.82. The number of fused-ring (bicyclic) bond motifs is 1. The van der Waals surface area contributed by atoms with E-state index >= 15 is 0 Å². The molecule has 2 aromatic rings. The van der Waals surface area contributed by atoms with Gasteiger partial charge in [0.15, 0.2) is 0 Å². The van der Waals surface area contributed by atoms with Gasteiger partial charge in [0.25, 0.3) is 5.56 Å². The molecule has 0 bridgehead atoms. The van der Waals surface area contributed by atoms with Crippen LogP contribution in [0.4, 0.5) is 5.69 Å². The summed E-state index contributed by atoms with van der Waals surface area (Å²) in [7, 11) is 29.1. The quantitative estimate of drug-likeness (QED) is 0.319. The van der Waals surface area contributed by atoms with E-state index in [-0.39, 0.29) is 33.3 Å². The second-order valence-electron chi connectivity index (χ2n) is 6.25. The zero-order valence-corrected chi connectivity index (χ0v) is 13.8. The predicted octanol–water partition coefficient (Wildman–Crippen LogP) is -3.52. The molecular formula is C14H9B5N4O3. The fourth-order valence-electron chi connectivity index (χ4n) is 3.03. The van der Waals surface area contributed by atoms with Crippen LogP contribution in [-0.4, -0.2) is 60.6 Å². The third-order valence-electron chi connectivity index (χ3n) is 4.53. The number of aromatic nitrogens is 2. The summed E-state index contributed by atoms with van der Waals surface area (Å²) >= 11 is 0. The van der Waals surface area contributed by atoms with Gasteiger partial charge in [-0.25, -0.2) is 4.98 Å². The van der Waals surface area contributed by atoms with E-state index in [2.05, 4.69) is 4.98 Å². The van der Waals surface area contributed by atoms with Crippen LogP contribution in [0.1, 0.15) is 11.9 Å². The van der Waals surface area contributed by atoms with Gasteiger partial charge < -0.3 is 5.73 Å². The molecule has 3 N–H and O–H groups in total. The molecule has 2 heterocycles. The molecule has 118 valence electrons. The van der Waals surface area contributed by atoms with E-state index in [4.69, 9.17) is 45.0 Å². The standard InChI is InChI=1S/C14H9B5N4O3/c1-3-21-8-5(16)2-4(15)7(20)6(8)12(25)23(3)9-10(17)14(18,19)13(26)22-11(9)24/h2,9-10H,20H2,1H3,(H,22,24,26). The summed E-state index contributed by atoms with van der Waals surface area (Å²) in [5.74, 6) is -3.06. The van der Waals surface area contributed by atoms with E-state index < -0.39 is 34.4 Å². The Morgan fingerprint density at radius 1 is 1.23 bits per heavy atom. The first-order valence-electron chi connectivity index (χ1n) is 7.53. The Bertz CT molecular complexity index is 1040. The normalized spacial score (nSPS) is 22.3. The zero-order valence-electron chi connectivity index (χ0n) is 13.8. The highest BCUT2D eigenvalue weighted by molar-refractivity contribution is 6.55. The van der Waals surface area contributed by atoms with E-state index in [0.29, 0.717) is 0 Å². The van der Waals surface area contributed by atoms with Gasteiger partial charge in [-0.3, -0.25) is 24.3 Å². The van der Waals surface area contributed by atoms with Crippen molar-refractivity contribution in [3.05, 3.63) is 22.2 Å². The fourth-order valence-corrected chi connectivity index (χ4v) is 3.03. The summed E-state index contributed by atoms with van der Waals surface area (Å²) in [6.45, 7) is 1.47. The highest BCUT2D eigenvalue weighted by Gasteiger charge is 2.47. The molecule has 0 saturated carbocycles. The number of rotatable bonds is 1. The first kappa shape index (κ1) is 18.4. The van der Waals surface area contributed by atoms with Crippen molar-refractivity contribution in [2.24, 2.45) is 0 Å². The molecular weight excluding hydrogens is 326 g/mol. The van der Waals surface area contributed by atoms with Crippen LogP contribution in [0.2, 0.25) is 11.0 Å². The molecule has 1 aliphatic rings. The van der Waals surface area contributed by atoms with Gasteiger partial charge in [-0.15, -0.1) is 0 Å². The van der Waals surface area contributed by atoms with Crippen LogP contribution in [-0.2, 0) is 9.59 Å². The van der Waals surface area contributed by atoms with E-state index in [0.717, 1.165) is 4.57 Å². The van der Waals surface area contributed by atoms with Crippen molar-refractivity contribution in [2.45, 2.75) is 24.0 Å². The number of nitrogen functional groups attached to an aromatic ring is 1. The number of nitrogens with zero attached hydrogens (tertiary/aromatic N) is 2. The van der Waals surface area contributed by atoms with Crippen LogP contribution in [0.25, 0.3) is 10.9 Å². The monoisotopic (exact) mass is 336 g/mol. The molecule has 2 atom stereocenters. The third kappa shape index (κ3) is 2.42. The SMILES string of the molecule is [B]c1cc([B])c2nc(C)n(C3C(=O)NC(=O)C([B])([B])C3[B])c(=O)c2c1N. The van der Waals surface area contributed by atoms with E-state index in [1.165, 1.54) is 13.0 Å². The highest BCUT2D eigenvalue weighted by Crippen LogP contribution is 2.42. The van der Waals surface area contributed by atoms with Crippen molar-refractivity contribution in [1.29, 1.82) is 0 Å². The van der Waals surface area contributed by atoms with Gasteiger partial charge in [0.05, 0.1) is 34.4 Å². The summed E-state index contributed by atoms with van der Waals surface area (Å²) in [6.07, 6.45) is 0. The molecule has 3 rings (SSSR count). The number of aryl methyl sites for hydroxylation is 1. The topological polar surface area (TPSA) is 107 Å². The molecule has 0 spiro atoms. The molecule has 26 heavy (non-hydrogen) atoms. The number of piperidine rings is 1. The first-order valence-corrected chi connectivity index (χ1v) is 7.53. The lowest BCUT2D eigenvalue weighted by molar-refractivity contribution is -0.136. The van der Waals surface area contributed by atoms with Gasteiger partial charge in [0, 0.05) is 5.69 Å². The number of carbonyl (C=O) groups is 2. The minimum atomic E-state index is -2.07. The maximum atomic E-state index is 13.1. The van der Waals surface area contributed by atoms with Crippen molar-refractivity contribution in [2.75, 3.05) is 5.73 Å². The Morgan fingerprint density at radius 2 is 1.85 bits per heavy atom. The van der Waals surface area contributed by atoms with Crippen molar-refractivity contribution in [3.8, 4) is 0 Å². The van der Waals surface area contributed by atoms with Gasteiger partial charge in [0.1, 0.15) is 27.6 Å². The van der Waals surface area contributed by atoms with Crippen LogP contribution in [0, 0.1) is 6.92 Å². The Labute approximate surface area is 155 Å². The lowest BCUT2D eigenvalue weighted by Gasteiger charge is -2.42. The van der Waals surface area contributed by atoms with Crippen molar-refractivity contribution in [3.63, 3.8) is 0 Å². The molecule has 0 aliphatic carbocycles. The predicted molar refractivity (Wildman–Crippen MR) is 102 cm³/mol. The van der Waals surface area contributed by atoms with Gasteiger partial charge in [-0.2, -0.15) is 0 Å². The summed E-state index contributed by atoms with van der Waals surface area (Å²) in [4.78, 5) is 41.5. The highest BCUT2D eigenvalue weighted by atomic mass is 16.2. The third-order valence-corrected chi connectivity index (χ3v) is 4.53. The summed E-state index contributed by atoms with van der Waals surface area (Å²) in [5, 5.41) is -0.122. The fraction of sp³-hybridized carbons (Fsp3) is 0.286. The van der Waals surface area contributed by atoms with Crippen LogP contribution in [0.5, 0.6) is 0 Å². The maximum Gasteiger partial charge on any atom is 0.264 e. The van der Waals surface area contributed by atoms with Gasteiger partial charge in [0.2, 0.25) is 11.8 Å². The molecule has 12 heteroatoms. The lowest BCUT2D eigenvalue weighted by Crippen LogP contribution is -2.55. The lowest BCUT2D eigenvalue weighted by atomic mass is 9.40. The number of hydrogen-bond donors (Lipinski definition) is 2. The minimum Gasteiger partial charge on any atom is -0.398 e. The summed E-state index contributed by atoms with van der Waals surface area (Å²) in [5.41, 5.74) is 5.55. The number of amides is 2. The number of nitrogens with two attached hydrogens (primary N) is 1. The molecule has 1 aromatic carbocycles. The average molecular weight is 335 g/mol. The van der Waals surface area contributed by atoms with Crippen molar-refractivity contribution in [1.82, 2.24) is 14.9 Å². The smallest absolute Gasteiger partial charge is 0.264 e. The van der Waals surface area contributed by atoms with Crippen LogP contribution < -0.4 is 27.5 Å². The van der Waals surface area contributed by atoms with Crippen LogP contribution in [0.15, 0.2) is 10.9 Å². The van der Waals surface area contributed by atoms with Crippen LogP contribution in [0.3, 0.4) is 0 Å². The molecule has 7 nitrogen and oxygen atoms in total.